The summed E-state index contributed by atoms with van der Waals surface area (Å²) in [4.78, 5) is 25.3. The second kappa shape index (κ2) is 5.38. The van der Waals surface area contributed by atoms with Gasteiger partial charge in [-0.3, -0.25) is 4.68 Å². The van der Waals surface area contributed by atoms with Crippen molar-refractivity contribution in [1.82, 2.24) is 20.0 Å². The molecule has 3 unspecified atom stereocenters. The van der Waals surface area contributed by atoms with Gasteiger partial charge in [-0.2, -0.15) is 5.10 Å². The SMILES string of the molecule is Cn1nccc1CNC(=O)N1CC2CCCC2C1C(=O)O. The highest BCUT2D eigenvalue weighted by Crippen LogP contribution is 2.42. The van der Waals surface area contributed by atoms with Crippen LogP contribution in [0.15, 0.2) is 12.3 Å². The minimum atomic E-state index is -0.889. The zero-order chi connectivity index (χ0) is 15.0. The number of carbonyl (C=O) groups is 2. The van der Waals surface area contributed by atoms with Crippen LogP contribution < -0.4 is 5.32 Å². The van der Waals surface area contributed by atoms with Crippen molar-refractivity contribution in [1.29, 1.82) is 0 Å². The van der Waals surface area contributed by atoms with E-state index in [0.717, 1.165) is 25.0 Å². The van der Waals surface area contributed by atoms with E-state index in [1.807, 2.05) is 13.1 Å². The first-order chi connectivity index (χ1) is 10.1. The van der Waals surface area contributed by atoms with Crippen molar-refractivity contribution in [3.63, 3.8) is 0 Å². The lowest BCUT2D eigenvalue weighted by Crippen LogP contribution is -2.47. The van der Waals surface area contributed by atoms with E-state index in [2.05, 4.69) is 10.4 Å². The maximum atomic E-state index is 12.3. The Bertz CT molecular complexity index is 556. The molecule has 2 aliphatic rings. The number of rotatable bonds is 3. The van der Waals surface area contributed by atoms with Crippen LogP contribution >= 0.6 is 0 Å². The van der Waals surface area contributed by atoms with E-state index in [-0.39, 0.29) is 11.9 Å². The number of amides is 2. The van der Waals surface area contributed by atoms with Crippen LogP contribution in [0.5, 0.6) is 0 Å². The van der Waals surface area contributed by atoms with Crippen LogP contribution in [0.2, 0.25) is 0 Å². The van der Waals surface area contributed by atoms with Crippen LogP contribution in [-0.4, -0.2) is 44.4 Å². The van der Waals surface area contributed by atoms with Gasteiger partial charge in [-0.1, -0.05) is 6.42 Å². The average molecular weight is 292 g/mol. The number of hydrogen-bond donors (Lipinski definition) is 2. The lowest BCUT2D eigenvalue weighted by Gasteiger charge is -2.24. The first-order valence-electron chi connectivity index (χ1n) is 7.32. The summed E-state index contributed by atoms with van der Waals surface area (Å²) in [6, 6.07) is 0.857. The molecule has 0 bridgehead atoms. The van der Waals surface area contributed by atoms with Gasteiger partial charge in [0.05, 0.1) is 12.2 Å². The second-order valence-corrected chi connectivity index (χ2v) is 5.90. The number of carbonyl (C=O) groups excluding carboxylic acids is 1. The van der Waals surface area contributed by atoms with E-state index >= 15 is 0 Å². The molecule has 2 heterocycles. The molecule has 0 aromatic carbocycles. The number of urea groups is 1. The molecule has 0 spiro atoms. The summed E-state index contributed by atoms with van der Waals surface area (Å²) in [5.74, 6) is -0.432. The van der Waals surface area contributed by atoms with Gasteiger partial charge < -0.3 is 15.3 Å². The molecule has 21 heavy (non-hydrogen) atoms. The minimum absolute atomic E-state index is 0.116. The molecule has 7 nitrogen and oxygen atoms in total. The number of fused-ring (bicyclic) bond motifs is 1. The average Bonchev–Trinajstić information content (AvgIpc) is 3.10. The number of hydrogen-bond acceptors (Lipinski definition) is 3. The summed E-state index contributed by atoms with van der Waals surface area (Å²) in [6.07, 6.45) is 4.68. The van der Waals surface area contributed by atoms with Crippen molar-refractivity contribution in [2.24, 2.45) is 18.9 Å². The highest BCUT2D eigenvalue weighted by molar-refractivity contribution is 5.83. The number of aryl methyl sites for hydroxylation is 1. The molecule has 1 aliphatic heterocycles. The first-order valence-corrected chi connectivity index (χ1v) is 7.32. The van der Waals surface area contributed by atoms with E-state index in [4.69, 9.17) is 0 Å². The highest BCUT2D eigenvalue weighted by atomic mass is 16.4. The Morgan fingerprint density at radius 3 is 2.95 bits per heavy atom. The summed E-state index contributed by atoms with van der Waals surface area (Å²) in [6.45, 7) is 0.909. The van der Waals surface area contributed by atoms with E-state index in [9.17, 15) is 14.7 Å². The predicted molar refractivity (Wildman–Crippen MR) is 74.4 cm³/mol. The molecule has 0 radical (unpaired) electrons. The van der Waals surface area contributed by atoms with Crippen molar-refractivity contribution >= 4 is 12.0 Å². The maximum Gasteiger partial charge on any atom is 0.326 e. The number of likely N-dealkylation sites (tertiary alicyclic amines) is 1. The van der Waals surface area contributed by atoms with Crippen LogP contribution in [-0.2, 0) is 18.4 Å². The molecule has 114 valence electrons. The number of carboxylic acids is 1. The Labute approximate surface area is 122 Å². The van der Waals surface area contributed by atoms with Gasteiger partial charge in [0, 0.05) is 19.8 Å². The Hall–Kier alpha value is -2.05. The second-order valence-electron chi connectivity index (χ2n) is 5.90. The van der Waals surface area contributed by atoms with Crippen LogP contribution in [0.1, 0.15) is 25.0 Å². The summed E-state index contributed by atoms with van der Waals surface area (Å²) in [5.41, 5.74) is 0.884. The Morgan fingerprint density at radius 2 is 2.29 bits per heavy atom. The Morgan fingerprint density at radius 1 is 1.48 bits per heavy atom. The third kappa shape index (κ3) is 2.48. The monoisotopic (exact) mass is 292 g/mol. The van der Waals surface area contributed by atoms with Crippen molar-refractivity contribution in [2.75, 3.05) is 6.54 Å². The third-order valence-corrected chi connectivity index (χ3v) is 4.75. The van der Waals surface area contributed by atoms with Gasteiger partial charge in [0.2, 0.25) is 0 Å². The van der Waals surface area contributed by atoms with Crippen molar-refractivity contribution in [3.8, 4) is 0 Å². The number of carboxylic acid groups (broad SMARTS) is 1. The minimum Gasteiger partial charge on any atom is -0.480 e. The number of aliphatic carboxylic acids is 1. The van der Waals surface area contributed by atoms with Gasteiger partial charge in [0.25, 0.3) is 0 Å². The zero-order valence-electron chi connectivity index (χ0n) is 12.0. The fourth-order valence-corrected chi connectivity index (χ4v) is 3.67. The van der Waals surface area contributed by atoms with E-state index in [0.29, 0.717) is 19.0 Å². The van der Waals surface area contributed by atoms with Gasteiger partial charge in [-0.05, 0) is 30.7 Å². The van der Waals surface area contributed by atoms with Gasteiger partial charge >= 0.3 is 12.0 Å². The molecule has 1 saturated heterocycles. The summed E-state index contributed by atoms with van der Waals surface area (Å²) >= 11 is 0. The van der Waals surface area contributed by atoms with Crippen molar-refractivity contribution in [3.05, 3.63) is 18.0 Å². The molecule has 3 atom stereocenters. The smallest absolute Gasteiger partial charge is 0.326 e. The fourth-order valence-electron chi connectivity index (χ4n) is 3.67. The predicted octanol–water partition coefficient (Wildman–Crippen LogP) is 0.815. The number of nitrogens with one attached hydrogen (secondary N) is 1. The number of nitrogens with zero attached hydrogens (tertiary/aromatic N) is 3. The van der Waals surface area contributed by atoms with Gasteiger partial charge in [0.15, 0.2) is 0 Å². The fraction of sp³-hybridized carbons (Fsp3) is 0.643. The molecule has 1 aliphatic carbocycles. The number of aromatic nitrogens is 2. The summed E-state index contributed by atoms with van der Waals surface area (Å²) in [7, 11) is 1.81. The van der Waals surface area contributed by atoms with Crippen molar-refractivity contribution in [2.45, 2.75) is 31.8 Å². The van der Waals surface area contributed by atoms with E-state index in [1.54, 1.807) is 10.9 Å². The molecule has 2 fully saturated rings. The van der Waals surface area contributed by atoms with Gasteiger partial charge in [-0.25, -0.2) is 9.59 Å². The molecular formula is C14H20N4O3. The molecule has 2 amide bonds. The third-order valence-electron chi connectivity index (χ3n) is 4.75. The lowest BCUT2D eigenvalue weighted by atomic mass is 9.94. The molecule has 1 aromatic rings. The quantitative estimate of drug-likeness (QED) is 0.863. The van der Waals surface area contributed by atoms with Gasteiger partial charge in [-0.15, -0.1) is 0 Å². The van der Waals surface area contributed by atoms with Crippen LogP contribution in [0, 0.1) is 11.8 Å². The topological polar surface area (TPSA) is 87.5 Å². The first kappa shape index (κ1) is 13.9. The van der Waals surface area contributed by atoms with E-state index < -0.39 is 12.0 Å². The molecule has 3 rings (SSSR count). The molecule has 2 N–H and O–H groups in total. The van der Waals surface area contributed by atoms with E-state index in [1.165, 1.54) is 4.90 Å². The highest BCUT2D eigenvalue weighted by Gasteiger charge is 2.49. The summed E-state index contributed by atoms with van der Waals surface area (Å²) < 4.78 is 1.69. The Kier molecular flexibility index (Phi) is 3.57. The molecule has 1 aromatic heterocycles. The Balaban J connectivity index is 1.66. The van der Waals surface area contributed by atoms with Crippen molar-refractivity contribution < 1.29 is 14.7 Å². The summed E-state index contributed by atoms with van der Waals surface area (Å²) in [5, 5.41) is 16.3. The van der Waals surface area contributed by atoms with Crippen LogP contribution in [0.4, 0.5) is 4.79 Å². The van der Waals surface area contributed by atoms with Gasteiger partial charge in [0.1, 0.15) is 6.04 Å². The molecular weight excluding hydrogens is 272 g/mol. The largest absolute Gasteiger partial charge is 0.480 e. The zero-order valence-corrected chi connectivity index (χ0v) is 12.0. The normalized spacial score (nSPS) is 27.7. The van der Waals surface area contributed by atoms with Crippen LogP contribution in [0.25, 0.3) is 0 Å². The lowest BCUT2D eigenvalue weighted by molar-refractivity contribution is -0.142. The maximum absolute atomic E-state index is 12.3. The molecule has 7 heteroatoms. The molecule has 1 saturated carbocycles. The standard InChI is InChI=1S/C14H20N4O3/c1-17-10(5-6-16-17)7-15-14(21)18-8-9-3-2-4-11(9)12(18)13(19)20/h5-6,9,11-12H,2-4,7-8H2,1H3,(H,15,21)(H,19,20). The van der Waals surface area contributed by atoms with Crippen LogP contribution in [0.3, 0.4) is 0 Å².